The Labute approximate surface area is 143 Å². The van der Waals surface area contributed by atoms with Crippen LogP contribution in [0.25, 0.3) is 0 Å². The summed E-state index contributed by atoms with van der Waals surface area (Å²) in [6.07, 6.45) is 0.537. The molecule has 2 heterocycles. The molecule has 22 heavy (non-hydrogen) atoms. The second-order valence-electron chi connectivity index (χ2n) is 5.56. The molecule has 116 valence electrons. The first-order chi connectivity index (χ1) is 10.6. The summed E-state index contributed by atoms with van der Waals surface area (Å²) in [5, 5.41) is 2.02. The molecule has 1 amide bonds. The summed E-state index contributed by atoms with van der Waals surface area (Å²) < 4.78 is 1.14. The summed E-state index contributed by atoms with van der Waals surface area (Å²) in [5.74, 6) is 0.245. The molecule has 0 bridgehead atoms. The standard InChI is InChI=1S/C17H19BrN2OS/c1-13-11-14(4-5-16(13)18)19-6-8-20(9-7-19)17(21)12-15-3-2-10-22-15/h2-5,10-11H,6-9,12H2,1H3. The molecule has 0 unspecified atom stereocenters. The van der Waals surface area contributed by atoms with Crippen molar-refractivity contribution in [2.24, 2.45) is 0 Å². The zero-order valence-electron chi connectivity index (χ0n) is 12.6. The Kier molecular flexibility index (Phi) is 4.84. The van der Waals surface area contributed by atoms with Crippen LogP contribution in [0.5, 0.6) is 0 Å². The number of amides is 1. The Morgan fingerprint density at radius 2 is 2.00 bits per heavy atom. The highest BCUT2D eigenvalue weighted by Gasteiger charge is 2.21. The van der Waals surface area contributed by atoms with Crippen LogP contribution >= 0.6 is 27.3 Å². The first-order valence-electron chi connectivity index (χ1n) is 7.45. The first-order valence-corrected chi connectivity index (χ1v) is 9.12. The number of carbonyl (C=O) groups is 1. The quantitative estimate of drug-likeness (QED) is 0.812. The van der Waals surface area contributed by atoms with Crippen LogP contribution in [0, 0.1) is 6.92 Å². The third-order valence-corrected chi connectivity index (χ3v) is 5.81. The maximum atomic E-state index is 12.3. The van der Waals surface area contributed by atoms with E-state index in [0.717, 1.165) is 35.5 Å². The summed E-state index contributed by atoms with van der Waals surface area (Å²) in [6, 6.07) is 10.5. The third-order valence-electron chi connectivity index (χ3n) is 4.04. The smallest absolute Gasteiger partial charge is 0.227 e. The molecule has 1 aliphatic heterocycles. The van der Waals surface area contributed by atoms with E-state index < -0.39 is 0 Å². The number of nitrogens with zero attached hydrogens (tertiary/aromatic N) is 2. The van der Waals surface area contributed by atoms with E-state index in [2.05, 4.69) is 46.0 Å². The molecule has 1 aromatic carbocycles. The van der Waals surface area contributed by atoms with E-state index in [1.807, 2.05) is 22.4 Å². The Morgan fingerprint density at radius 1 is 1.23 bits per heavy atom. The maximum Gasteiger partial charge on any atom is 0.227 e. The number of hydrogen-bond donors (Lipinski definition) is 0. The number of aryl methyl sites for hydroxylation is 1. The van der Waals surface area contributed by atoms with Crippen LogP contribution in [0.2, 0.25) is 0 Å². The van der Waals surface area contributed by atoms with Crippen molar-refractivity contribution < 1.29 is 4.79 Å². The lowest BCUT2D eigenvalue weighted by Crippen LogP contribution is -2.49. The van der Waals surface area contributed by atoms with E-state index >= 15 is 0 Å². The van der Waals surface area contributed by atoms with Gasteiger partial charge in [-0.15, -0.1) is 11.3 Å². The topological polar surface area (TPSA) is 23.6 Å². The highest BCUT2D eigenvalue weighted by Crippen LogP contribution is 2.24. The van der Waals surface area contributed by atoms with E-state index in [0.29, 0.717) is 6.42 Å². The minimum Gasteiger partial charge on any atom is -0.368 e. The molecule has 0 N–H and O–H groups in total. The predicted octanol–water partition coefficient (Wildman–Crippen LogP) is 3.71. The summed E-state index contributed by atoms with van der Waals surface area (Å²) in [5.41, 5.74) is 2.49. The summed E-state index contributed by atoms with van der Waals surface area (Å²) >= 11 is 5.19. The van der Waals surface area contributed by atoms with Gasteiger partial charge in [0.15, 0.2) is 0 Å². The van der Waals surface area contributed by atoms with Crippen LogP contribution in [0.1, 0.15) is 10.4 Å². The average Bonchev–Trinajstić information content (AvgIpc) is 3.03. The zero-order chi connectivity index (χ0) is 15.5. The third kappa shape index (κ3) is 3.52. The van der Waals surface area contributed by atoms with Crippen LogP contribution < -0.4 is 4.90 Å². The number of hydrogen-bond acceptors (Lipinski definition) is 3. The van der Waals surface area contributed by atoms with Crippen molar-refractivity contribution in [3.63, 3.8) is 0 Å². The van der Waals surface area contributed by atoms with Gasteiger partial charge in [0, 0.05) is 41.2 Å². The van der Waals surface area contributed by atoms with Crippen molar-refractivity contribution in [1.82, 2.24) is 4.90 Å². The summed E-state index contributed by atoms with van der Waals surface area (Å²) in [6.45, 7) is 5.52. The SMILES string of the molecule is Cc1cc(N2CCN(C(=O)Cc3cccs3)CC2)ccc1Br. The molecule has 0 radical (unpaired) electrons. The fraction of sp³-hybridized carbons (Fsp3) is 0.353. The van der Waals surface area contributed by atoms with Crippen molar-refractivity contribution in [3.8, 4) is 0 Å². The van der Waals surface area contributed by atoms with Gasteiger partial charge in [-0.2, -0.15) is 0 Å². The van der Waals surface area contributed by atoms with Crippen molar-refractivity contribution in [1.29, 1.82) is 0 Å². The van der Waals surface area contributed by atoms with E-state index in [9.17, 15) is 4.79 Å². The molecule has 1 fully saturated rings. The highest BCUT2D eigenvalue weighted by molar-refractivity contribution is 9.10. The highest BCUT2D eigenvalue weighted by atomic mass is 79.9. The lowest BCUT2D eigenvalue weighted by atomic mass is 10.2. The van der Waals surface area contributed by atoms with Gasteiger partial charge in [-0.3, -0.25) is 4.79 Å². The number of halogens is 1. The average molecular weight is 379 g/mol. The molecule has 5 heteroatoms. The van der Waals surface area contributed by atoms with Crippen molar-refractivity contribution in [3.05, 3.63) is 50.6 Å². The molecular weight excluding hydrogens is 360 g/mol. The molecular formula is C17H19BrN2OS. The van der Waals surface area contributed by atoms with Crippen LogP contribution in [-0.2, 0) is 11.2 Å². The largest absolute Gasteiger partial charge is 0.368 e. The number of thiophene rings is 1. The fourth-order valence-corrected chi connectivity index (χ4v) is 3.66. The minimum atomic E-state index is 0.245. The van der Waals surface area contributed by atoms with Gasteiger partial charge in [0.25, 0.3) is 0 Å². The Balaban J connectivity index is 1.57. The first kappa shape index (κ1) is 15.6. The van der Waals surface area contributed by atoms with Gasteiger partial charge in [0.1, 0.15) is 0 Å². The lowest BCUT2D eigenvalue weighted by Gasteiger charge is -2.36. The van der Waals surface area contributed by atoms with Crippen molar-refractivity contribution in [2.45, 2.75) is 13.3 Å². The van der Waals surface area contributed by atoms with E-state index in [1.54, 1.807) is 11.3 Å². The second kappa shape index (κ2) is 6.84. The van der Waals surface area contributed by atoms with Gasteiger partial charge in [-0.05, 0) is 42.1 Å². The van der Waals surface area contributed by atoms with Crippen molar-refractivity contribution in [2.75, 3.05) is 31.1 Å². The van der Waals surface area contributed by atoms with Crippen molar-refractivity contribution >= 4 is 38.9 Å². The Morgan fingerprint density at radius 3 is 2.64 bits per heavy atom. The molecule has 0 aliphatic carbocycles. The number of anilines is 1. The maximum absolute atomic E-state index is 12.3. The molecule has 1 saturated heterocycles. The minimum absolute atomic E-state index is 0.245. The Bertz CT molecular complexity index is 649. The molecule has 1 aromatic heterocycles. The Hall–Kier alpha value is -1.33. The number of benzene rings is 1. The van der Waals surface area contributed by atoms with E-state index in [-0.39, 0.29) is 5.91 Å². The van der Waals surface area contributed by atoms with Gasteiger partial charge in [0.05, 0.1) is 6.42 Å². The van der Waals surface area contributed by atoms with E-state index in [1.165, 1.54) is 11.3 Å². The van der Waals surface area contributed by atoms with Gasteiger partial charge in [0.2, 0.25) is 5.91 Å². The zero-order valence-corrected chi connectivity index (χ0v) is 15.0. The van der Waals surface area contributed by atoms with Gasteiger partial charge >= 0.3 is 0 Å². The number of piperazine rings is 1. The molecule has 3 rings (SSSR count). The molecule has 0 atom stereocenters. The van der Waals surface area contributed by atoms with Gasteiger partial charge in [-0.1, -0.05) is 22.0 Å². The monoisotopic (exact) mass is 378 g/mol. The number of carbonyl (C=O) groups excluding carboxylic acids is 1. The normalized spacial score (nSPS) is 15.2. The van der Waals surface area contributed by atoms with Crippen LogP contribution in [0.4, 0.5) is 5.69 Å². The van der Waals surface area contributed by atoms with Crippen LogP contribution in [-0.4, -0.2) is 37.0 Å². The molecule has 1 aliphatic rings. The van der Waals surface area contributed by atoms with E-state index in [4.69, 9.17) is 0 Å². The van der Waals surface area contributed by atoms with Gasteiger partial charge < -0.3 is 9.80 Å². The summed E-state index contributed by atoms with van der Waals surface area (Å²) in [7, 11) is 0. The van der Waals surface area contributed by atoms with Gasteiger partial charge in [-0.25, -0.2) is 0 Å². The molecule has 0 saturated carbocycles. The summed E-state index contributed by atoms with van der Waals surface area (Å²) in [4.78, 5) is 17.8. The molecule has 2 aromatic rings. The fourth-order valence-electron chi connectivity index (χ4n) is 2.71. The lowest BCUT2D eigenvalue weighted by molar-refractivity contribution is -0.130. The van der Waals surface area contributed by atoms with Crippen LogP contribution in [0.3, 0.4) is 0 Å². The molecule has 3 nitrogen and oxygen atoms in total. The second-order valence-corrected chi connectivity index (χ2v) is 7.44. The van der Waals surface area contributed by atoms with Crippen LogP contribution in [0.15, 0.2) is 40.2 Å². The number of rotatable bonds is 3. The predicted molar refractivity (Wildman–Crippen MR) is 95.7 cm³/mol. The molecule has 0 spiro atoms.